The molecule has 1 fully saturated rings. The van der Waals surface area contributed by atoms with E-state index in [1.165, 1.54) is 11.9 Å². The number of carbonyl (C=O) groups excluding carboxylic acids is 1. The zero-order chi connectivity index (χ0) is 13.0. The fourth-order valence-corrected chi connectivity index (χ4v) is 2.13. The van der Waals surface area contributed by atoms with Crippen molar-refractivity contribution in [2.24, 2.45) is 5.92 Å². The van der Waals surface area contributed by atoms with Crippen LogP contribution in [0.25, 0.3) is 0 Å². The van der Waals surface area contributed by atoms with E-state index in [0.29, 0.717) is 19.5 Å². The van der Waals surface area contributed by atoms with Crippen molar-refractivity contribution >= 4 is 12.0 Å². The van der Waals surface area contributed by atoms with Gasteiger partial charge in [0.25, 0.3) is 0 Å². The molecule has 2 amide bonds. The number of likely N-dealkylation sites (tertiary alicyclic amines) is 1. The fourth-order valence-electron chi connectivity index (χ4n) is 2.13. The Bertz CT molecular complexity index is 295. The number of likely N-dealkylation sites (N-methyl/N-ethyl adjacent to an activating group) is 1. The summed E-state index contributed by atoms with van der Waals surface area (Å²) in [6.45, 7) is 2.91. The van der Waals surface area contributed by atoms with Gasteiger partial charge in [0.05, 0.1) is 0 Å². The second kappa shape index (κ2) is 5.86. The van der Waals surface area contributed by atoms with Crippen LogP contribution in [0.5, 0.6) is 0 Å². The van der Waals surface area contributed by atoms with Crippen molar-refractivity contribution in [1.29, 1.82) is 0 Å². The highest BCUT2D eigenvalue weighted by molar-refractivity contribution is 5.82. The second-order valence-corrected chi connectivity index (χ2v) is 4.44. The average molecular weight is 244 g/mol. The molecule has 17 heavy (non-hydrogen) atoms. The van der Waals surface area contributed by atoms with Crippen LogP contribution in [0.4, 0.5) is 4.79 Å². The first-order chi connectivity index (χ1) is 8.01. The SMILES string of the molecule is CCC(C(=O)O)N(C)C(=O)N1CCC(CO)C1. The number of amides is 2. The standard InChI is InChI=1S/C11H20N2O4/c1-3-9(10(15)16)12(2)11(17)13-5-4-8(6-13)7-14/h8-9,14H,3-7H2,1-2H3,(H,15,16). The van der Waals surface area contributed by atoms with E-state index in [2.05, 4.69) is 0 Å². The molecule has 1 heterocycles. The molecule has 1 aliphatic rings. The molecule has 0 spiro atoms. The minimum Gasteiger partial charge on any atom is -0.480 e. The maximum absolute atomic E-state index is 12.0. The van der Waals surface area contributed by atoms with E-state index >= 15 is 0 Å². The van der Waals surface area contributed by atoms with Gasteiger partial charge in [0.2, 0.25) is 0 Å². The van der Waals surface area contributed by atoms with Crippen LogP contribution in [0.1, 0.15) is 19.8 Å². The van der Waals surface area contributed by atoms with Gasteiger partial charge in [-0.3, -0.25) is 0 Å². The Morgan fingerprint density at radius 1 is 1.53 bits per heavy atom. The summed E-state index contributed by atoms with van der Waals surface area (Å²) in [4.78, 5) is 25.8. The van der Waals surface area contributed by atoms with Gasteiger partial charge in [-0.1, -0.05) is 6.92 Å². The van der Waals surface area contributed by atoms with Gasteiger partial charge in [0.1, 0.15) is 6.04 Å². The quantitative estimate of drug-likeness (QED) is 0.741. The number of carboxylic acid groups (broad SMARTS) is 1. The second-order valence-electron chi connectivity index (χ2n) is 4.44. The average Bonchev–Trinajstić information content (AvgIpc) is 2.76. The van der Waals surface area contributed by atoms with Crippen LogP contribution in [0.15, 0.2) is 0 Å². The van der Waals surface area contributed by atoms with E-state index in [9.17, 15) is 9.59 Å². The van der Waals surface area contributed by atoms with Crippen molar-refractivity contribution in [3.8, 4) is 0 Å². The molecule has 1 saturated heterocycles. The van der Waals surface area contributed by atoms with Crippen LogP contribution < -0.4 is 0 Å². The molecule has 0 bridgehead atoms. The molecule has 0 radical (unpaired) electrons. The van der Waals surface area contributed by atoms with Crippen molar-refractivity contribution in [3.63, 3.8) is 0 Å². The Morgan fingerprint density at radius 3 is 2.59 bits per heavy atom. The number of carbonyl (C=O) groups is 2. The van der Waals surface area contributed by atoms with E-state index in [-0.39, 0.29) is 18.6 Å². The molecule has 0 aromatic heterocycles. The van der Waals surface area contributed by atoms with Gasteiger partial charge >= 0.3 is 12.0 Å². The van der Waals surface area contributed by atoms with Gasteiger partial charge in [-0.15, -0.1) is 0 Å². The molecule has 1 rings (SSSR count). The number of aliphatic carboxylic acids is 1. The molecule has 98 valence electrons. The van der Waals surface area contributed by atoms with Crippen LogP contribution >= 0.6 is 0 Å². The lowest BCUT2D eigenvalue weighted by Gasteiger charge is -2.28. The van der Waals surface area contributed by atoms with Crippen LogP contribution in [-0.4, -0.2) is 64.8 Å². The number of rotatable bonds is 4. The van der Waals surface area contributed by atoms with Gasteiger partial charge in [0.15, 0.2) is 0 Å². The molecule has 0 aromatic rings. The van der Waals surface area contributed by atoms with Gasteiger partial charge in [0, 0.05) is 32.7 Å². The number of hydrogen-bond acceptors (Lipinski definition) is 3. The summed E-state index contributed by atoms with van der Waals surface area (Å²) < 4.78 is 0. The van der Waals surface area contributed by atoms with Crippen molar-refractivity contribution in [2.45, 2.75) is 25.8 Å². The number of aliphatic hydroxyl groups is 1. The van der Waals surface area contributed by atoms with E-state index in [4.69, 9.17) is 10.2 Å². The number of aliphatic hydroxyl groups excluding tert-OH is 1. The molecule has 2 atom stereocenters. The Morgan fingerprint density at radius 2 is 2.18 bits per heavy atom. The van der Waals surface area contributed by atoms with Crippen LogP contribution in [0, 0.1) is 5.92 Å². The van der Waals surface area contributed by atoms with Crippen LogP contribution in [0.3, 0.4) is 0 Å². The molecule has 0 aliphatic carbocycles. The van der Waals surface area contributed by atoms with Crippen molar-refractivity contribution in [1.82, 2.24) is 9.80 Å². The molecule has 6 heteroatoms. The lowest BCUT2D eigenvalue weighted by molar-refractivity contribution is -0.142. The van der Waals surface area contributed by atoms with E-state index in [1.54, 1.807) is 11.8 Å². The normalized spacial score (nSPS) is 21.4. The fraction of sp³-hybridized carbons (Fsp3) is 0.818. The number of hydrogen-bond donors (Lipinski definition) is 2. The van der Waals surface area contributed by atoms with Crippen molar-refractivity contribution < 1.29 is 19.8 Å². The summed E-state index contributed by atoms with van der Waals surface area (Å²) in [5, 5.41) is 18.0. The van der Waals surface area contributed by atoms with Crippen LogP contribution in [-0.2, 0) is 4.79 Å². The first-order valence-corrected chi connectivity index (χ1v) is 5.86. The first-order valence-electron chi connectivity index (χ1n) is 5.86. The Hall–Kier alpha value is -1.30. The monoisotopic (exact) mass is 244 g/mol. The highest BCUT2D eigenvalue weighted by Gasteiger charge is 2.32. The van der Waals surface area contributed by atoms with Gasteiger partial charge < -0.3 is 20.0 Å². The number of urea groups is 1. The lowest BCUT2D eigenvalue weighted by atomic mass is 10.1. The Balaban J connectivity index is 2.60. The third kappa shape index (κ3) is 3.09. The third-order valence-corrected chi connectivity index (χ3v) is 3.26. The third-order valence-electron chi connectivity index (χ3n) is 3.26. The van der Waals surface area contributed by atoms with Gasteiger partial charge in [-0.25, -0.2) is 9.59 Å². The first kappa shape index (κ1) is 13.8. The van der Waals surface area contributed by atoms with E-state index in [1.807, 2.05) is 0 Å². The highest BCUT2D eigenvalue weighted by atomic mass is 16.4. The van der Waals surface area contributed by atoms with E-state index in [0.717, 1.165) is 6.42 Å². The van der Waals surface area contributed by atoms with Crippen LogP contribution in [0.2, 0.25) is 0 Å². The van der Waals surface area contributed by atoms with Crippen molar-refractivity contribution in [3.05, 3.63) is 0 Å². The summed E-state index contributed by atoms with van der Waals surface area (Å²) in [6.07, 6.45) is 1.16. The Kier molecular flexibility index (Phi) is 4.74. The van der Waals surface area contributed by atoms with Crippen molar-refractivity contribution in [2.75, 3.05) is 26.7 Å². The molecule has 2 N–H and O–H groups in total. The summed E-state index contributed by atoms with van der Waals surface area (Å²) in [5.74, 6) is -0.862. The molecular formula is C11H20N2O4. The zero-order valence-electron chi connectivity index (χ0n) is 10.3. The molecule has 1 aliphatic heterocycles. The molecule has 0 aromatic carbocycles. The maximum Gasteiger partial charge on any atom is 0.326 e. The van der Waals surface area contributed by atoms with Gasteiger partial charge in [-0.2, -0.15) is 0 Å². The van der Waals surface area contributed by atoms with Gasteiger partial charge in [-0.05, 0) is 12.8 Å². The Labute approximate surface area is 101 Å². The summed E-state index contributed by atoms with van der Waals surface area (Å²) in [7, 11) is 1.51. The molecule has 0 saturated carbocycles. The largest absolute Gasteiger partial charge is 0.480 e. The predicted molar refractivity (Wildman–Crippen MR) is 61.6 cm³/mol. The van der Waals surface area contributed by atoms with E-state index < -0.39 is 12.0 Å². The minimum absolute atomic E-state index is 0.0730. The summed E-state index contributed by atoms with van der Waals surface area (Å²) >= 11 is 0. The lowest BCUT2D eigenvalue weighted by Crippen LogP contribution is -2.48. The number of carboxylic acids is 1. The molecule has 6 nitrogen and oxygen atoms in total. The zero-order valence-corrected chi connectivity index (χ0v) is 10.3. The highest BCUT2D eigenvalue weighted by Crippen LogP contribution is 2.18. The topological polar surface area (TPSA) is 81.1 Å². The summed E-state index contributed by atoms with van der Waals surface area (Å²) in [5.41, 5.74) is 0. The summed E-state index contributed by atoms with van der Waals surface area (Å²) in [6, 6.07) is -1.05. The smallest absolute Gasteiger partial charge is 0.326 e. The number of nitrogens with zero attached hydrogens (tertiary/aromatic N) is 2. The predicted octanol–water partition coefficient (Wildman–Crippen LogP) is 0.216. The molecule has 2 unspecified atom stereocenters. The molecular weight excluding hydrogens is 224 g/mol. The minimum atomic E-state index is -0.985. The maximum atomic E-state index is 12.0.